The summed E-state index contributed by atoms with van der Waals surface area (Å²) in [6.07, 6.45) is 2.84. The molecule has 1 aromatic heterocycles. The zero-order valence-electron chi connectivity index (χ0n) is 15.7. The van der Waals surface area contributed by atoms with Crippen molar-refractivity contribution in [3.8, 4) is 0 Å². The average molecular weight is 399 g/mol. The minimum absolute atomic E-state index is 0.0633. The van der Waals surface area contributed by atoms with E-state index in [1.165, 1.54) is 11.1 Å². The van der Waals surface area contributed by atoms with Crippen LogP contribution < -0.4 is 0 Å². The highest BCUT2D eigenvalue weighted by atomic mass is 35.5. The second kappa shape index (κ2) is 8.63. The van der Waals surface area contributed by atoms with Crippen molar-refractivity contribution in [2.45, 2.75) is 33.1 Å². The van der Waals surface area contributed by atoms with Gasteiger partial charge in [0.15, 0.2) is 5.82 Å². The standard InChI is InChI=1S/C21H23ClN4S/c1-14(2)12-16-4-8-18(9-5-16)15(3)20-24-25-21(27)26(20)23-13-17-6-10-19(22)11-7-17/h4-11,13-15H,12H2,1-3H3,(H,25,27)/b23-13+/t15-/m0/s1. The summed E-state index contributed by atoms with van der Waals surface area (Å²) in [5, 5.41) is 12.5. The molecule has 4 nitrogen and oxygen atoms in total. The van der Waals surface area contributed by atoms with Gasteiger partial charge in [-0.05, 0) is 53.4 Å². The smallest absolute Gasteiger partial charge is 0.216 e. The Hall–Kier alpha value is -2.24. The average Bonchev–Trinajstić information content (AvgIpc) is 3.01. The second-order valence-electron chi connectivity index (χ2n) is 7.06. The van der Waals surface area contributed by atoms with Crippen LogP contribution in [0.5, 0.6) is 0 Å². The summed E-state index contributed by atoms with van der Waals surface area (Å²) in [5.41, 5.74) is 3.47. The van der Waals surface area contributed by atoms with Crippen LogP contribution in [-0.2, 0) is 6.42 Å². The number of hydrogen-bond donors (Lipinski definition) is 1. The summed E-state index contributed by atoms with van der Waals surface area (Å²) in [4.78, 5) is 0. The fraction of sp³-hybridized carbons (Fsp3) is 0.286. The molecule has 0 fully saturated rings. The molecule has 0 aliphatic rings. The zero-order chi connectivity index (χ0) is 19.4. The van der Waals surface area contributed by atoms with E-state index < -0.39 is 0 Å². The molecule has 3 aromatic rings. The van der Waals surface area contributed by atoms with Crippen molar-refractivity contribution in [1.82, 2.24) is 14.9 Å². The Labute approximate surface area is 169 Å². The molecule has 0 saturated carbocycles. The largest absolute Gasteiger partial charge is 0.250 e. The van der Waals surface area contributed by atoms with Gasteiger partial charge in [0.25, 0.3) is 0 Å². The minimum atomic E-state index is 0.0633. The maximum atomic E-state index is 5.93. The second-order valence-corrected chi connectivity index (χ2v) is 7.88. The van der Waals surface area contributed by atoms with Crippen LogP contribution in [0.15, 0.2) is 53.6 Å². The summed E-state index contributed by atoms with van der Waals surface area (Å²) in [6.45, 7) is 6.57. The van der Waals surface area contributed by atoms with Crippen LogP contribution in [0, 0.1) is 10.7 Å². The van der Waals surface area contributed by atoms with Gasteiger partial charge in [0.05, 0.1) is 6.21 Å². The molecular weight excluding hydrogens is 376 g/mol. The Morgan fingerprint density at radius 1 is 1.11 bits per heavy atom. The van der Waals surface area contributed by atoms with Gasteiger partial charge in [-0.1, -0.05) is 68.8 Å². The van der Waals surface area contributed by atoms with Crippen LogP contribution in [0.4, 0.5) is 0 Å². The Morgan fingerprint density at radius 3 is 2.41 bits per heavy atom. The van der Waals surface area contributed by atoms with Crippen LogP contribution >= 0.6 is 23.8 Å². The lowest BCUT2D eigenvalue weighted by atomic mass is 9.96. The minimum Gasteiger partial charge on any atom is -0.250 e. The van der Waals surface area contributed by atoms with E-state index in [0.29, 0.717) is 15.7 Å². The number of nitrogens with zero attached hydrogens (tertiary/aromatic N) is 3. The summed E-state index contributed by atoms with van der Waals surface area (Å²) in [6, 6.07) is 16.2. The molecule has 3 rings (SSSR count). The molecule has 2 aromatic carbocycles. The van der Waals surface area contributed by atoms with Crippen LogP contribution in [0.2, 0.25) is 5.02 Å². The van der Waals surface area contributed by atoms with Crippen LogP contribution in [0.1, 0.15) is 49.2 Å². The normalized spacial score (nSPS) is 12.8. The van der Waals surface area contributed by atoms with E-state index in [4.69, 9.17) is 23.8 Å². The predicted octanol–water partition coefficient (Wildman–Crippen LogP) is 5.83. The number of aromatic amines is 1. The van der Waals surface area contributed by atoms with Crippen LogP contribution in [0.3, 0.4) is 0 Å². The van der Waals surface area contributed by atoms with Gasteiger partial charge in [0.1, 0.15) is 0 Å². The molecular formula is C21H23ClN4S. The SMILES string of the molecule is CC(C)Cc1ccc([C@H](C)c2n[nH]c(=S)n2/N=C/c2ccc(Cl)cc2)cc1. The number of benzene rings is 2. The van der Waals surface area contributed by atoms with Gasteiger partial charge in [-0.3, -0.25) is 5.10 Å². The molecule has 0 radical (unpaired) electrons. The first-order valence-electron chi connectivity index (χ1n) is 9.00. The van der Waals surface area contributed by atoms with E-state index in [9.17, 15) is 0 Å². The van der Waals surface area contributed by atoms with Crippen molar-refractivity contribution in [2.24, 2.45) is 11.0 Å². The van der Waals surface area contributed by atoms with E-state index in [0.717, 1.165) is 17.8 Å². The maximum absolute atomic E-state index is 5.93. The molecule has 0 amide bonds. The number of hydrogen-bond acceptors (Lipinski definition) is 3. The molecule has 0 bridgehead atoms. The van der Waals surface area contributed by atoms with Gasteiger partial charge >= 0.3 is 0 Å². The molecule has 6 heteroatoms. The zero-order valence-corrected chi connectivity index (χ0v) is 17.3. The molecule has 1 atom stereocenters. The number of H-pyrrole nitrogens is 1. The highest BCUT2D eigenvalue weighted by Crippen LogP contribution is 2.23. The Morgan fingerprint density at radius 2 is 1.78 bits per heavy atom. The van der Waals surface area contributed by atoms with Gasteiger partial charge in [-0.2, -0.15) is 14.9 Å². The molecule has 0 aliphatic heterocycles. The third-order valence-corrected chi connectivity index (χ3v) is 4.89. The van der Waals surface area contributed by atoms with Crippen molar-refractivity contribution in [2.75, 3.05) is 0 Å². The lowest BCUT2D eigenvalue weighted by Crippen LogP contribution is -2.05. The fourth-order valence-electron chi connectivity index (χ4n) is 2.93. The predicted molar refractivity (Wildman–Crippen MR) is 114 cm³/mol. The lowest BCUT2D eigenvalue weighted by Gasteiger charge is -2.12. The monoisotopic (exact) mass is 398 g/mol. The van der Waals surface area contributed by atoms with Crippen LogP contribution in [-0.4, -0.2) is 21.1 Å². The van der Waals surface area contributed by atoms with Gasteiger partial charge in [0, 0.05) is 10.9 Å². The van der Waals surface area contributed by atoms with Crippen molar-refractivity contribution in [3.63, 3.8) is 0 Å². The third-order valence-electron chi connectivity index (χ3n) is 4.38. The molecule has 1 N–H and O–H groups in total. The topological polar surface area (TPSA) is 46.0 Å². The maximum Gasteiger partial charge on any atom is 0.216 e. The van der Waals surface area contributed by atoms with Crippen molar-refractivity contribution < 1.29 is 0 Å². The first kappa shape index (κ1) is 19.5. The summed E-state index contributed by atoms with van der Waals surface area (Å²) < 4.78 is 2.15. The number of aromatic nitrogens is 3. The first-order valence-corrected chi connectivity index (χ1v) is 9.78. The van der Waals surface area contributed by atoms with Crippen molar-refractivity contribution in [1.29, 1.82) is 0 Å². The van der Waals surface area contributed by atoms with E-state index in [2.05, 4.69) is 60.3 Å². The van der Waals surface area contributed by atoms with E-state index in [1.807, 2.05) is 24.3 Å². The van der Waals surface area contributed by atoms with Crippen molar-refractivity contribution >= 4 is 30.0 Å². The number of rotatable bonds is 6. The molecule has 140 valence electrons. The molecule has 0 unspecified atom stereocenters. The molecule has 0 aliphatic carbocycles. The van der Waals surface area contributed by atoms with Crippen LogP contribution in [0.25, 0.3) is 0 Å². The molecule has 1 heterocycles. The highest BCUT2D eigenvalue weighted by Gasteiger charge is 2.16. The third kappa shape index (κ3) is 4.93. The van der Waals surface area contributed by atoms with Gasteiger partial charge in [-0.15, -0.1) is 0 Å². The first-order chi connectivity index (χ1) is 12.9. The van der Waals surface area contributed by atoms with E-state index in [1.54, 1.807) is 10.9 Å². The molecule has 27 heavy (non-hydrogen) atoms. The number of nitrogens with one attached hydrogen (secondary N) is 1. The number of halogens is 1. The van der Waals surface area contributed by atoms with Gasteiger partial charge < -0.3 is 0 Å². The lowest BCUT2D eigenvalue weighted by molar-refractivity contribution is 0.646. The van der Waals surface area contributed by atoms with E-state index >= 15 is 0 Å². The quantitative estimate of drug-likeness (QED) is 0.419. The molecule has 0 saturated heterocycles. The Bertz CT molecular complexity index is 969. The van der Waals surface area contributed by atoms with Gasteiger partial charge in [-0.25, -0.2) is 0 Å². The van der Waals surface area contributed by atoms with Crippen molar-refractivity contribution in [3.05, 3.63) is 80.8 Å². The Balaban J connectivity index is 1.84. The highest BCUT2D eigenvalue weighted by molar-refractivity contribution is 7.71. The Kier molecular flexibility index (Phi) is 6.24. The fourth-order valence-corrected chi connectivity index (χ4v) is 3.24. The summed E-state index contributed by atoms with van der Waals surface area (Å²) in [5.74, 6) is 1.49. The summed E-state index contributed by atoms with van der Waals surface area (Å²) in [7, 11) is 0. The molecule has 0 spiro atoms. The van der Waals surface area contributed by atoms with E-state index in [-0.39, 0.29) is 5.92 Å². The summed E-state index contributed by atoms with van der Waals surface area (Å²) >= 11 is 11.3. The van der Waals surface area contributed by atoms with Gasteiger partial charge in [0.2, 0.25) is 4.77 Å².